The van der Waals surface area contributed by atoms with Crippen molar-refractivity contribution in [2.75, 3.05) is 19.6 Å². The minimum absolute atomic E-state index is 0.555. The van der Waals surface area contributed by atoms with Gasteiger partial charge >= 0.3 is 0 Å². The SMILES string of the molecule is Cc1ccc2c(CC3CNCCN3)c[nH]c2c1C. The Balaban J connectivity index is 1.90. The summed E-state index contributed by atoms with van der Waals surface area (Å²) in [6, 6.07) is 5.03. The van der Waals surface area contributed by atoms with E-state index in [1.54, 1.807) is 0 Å². The smallest absolute Gasteiger partial charge is 0.0489 e. The van der Waals surface area contributed by atoms with E-state index >= 15 is 0 Å². The molecule has 1 aromatic heterocycles. The zero-order valence-electron chi connectivity index (χ0n) is 11.1. The molecule has 0 bridgehead atoms. The highest BCUT2D eigenvalue weighted by Gasteiger charge is 2.15. The van der Waals surface area contributed by atoms with Crippen LogP contribution in [0, 0.1) is 13.8 Å². The van der Waals surface area contributed by atoms with Crippen molar-refractivity contribution in [3.8, 4) is 0 Å². The third-order valence-electron chi connectivity index (χ3n) is 4.06. The molecule has 1 aliphatic rings. The van der Waals surface area contributed by atoms with E-state index in [1.807, 2.05) is 0 Å². The average molecular weight is 243 g/mol. The van der Waals surface area contributed by atoms with Crippen molar-refractivity contribution >= 4 is 10.9 Å². The first-order valence-electron chi connectivity index (χ1n) is 6.76. The highest BCUT2D eigenvalue weighted by Crippen LogP contribution is 2.24. The van der Waals surface area contributed by atoms with Crippen molar-refractivity contribution in [2.45, 2.75) is 26.3 Å². The molecule has 1 saturated heterocycles. The van der Waals surface area contributed by atoms with Crippen LogP contribution in [-0.2, 0) is 6.42 Å². The van der Waals surface area contributed by atoms with Gasteiger partial charge in [-0.3, -0.25) is 0 Å². The summed E-state index contributed by atoms with van der Waals surface area (Å²) in [7, 11) is 0. The maximum Gasteiger partial charge on any atom is 0.0489 e. The zero-order chi connectivity index (χ0) is 12.5. The van der Waals surface area contributed by atoms with E-state index in [4.69, 9.17) is 0 Å². The first-order valence-corrected chi connectivity index (χ1v) is 6.76. The number of nitrogens with one attached hydrogen (secondary N) is 3. The van der Waals surface area contributed by atoms with Crippen LogP contribution >= 0.6 is 0 Å². The van der Waals surface area contributed by atoms with Crippen LogP contribution in [0.3, 0.4) is 0 Å². The van der Waals surface area contributed by atoms with E-state index in [0.29, 0.717) is 6.04 Å². The molecule has 0 aliphatic carbocycles. The number of aromatic nitrogens is 1. The minimum Gasteiger partial charge on any atom is -0.361 e. The molecule has 3 N–H and O–H groups in total. The maximum absolute atomic E-state index is 3.57. The fraction of sp³-hybridized carbons (Fsp3) is 0.467. The lowest BCUT2D eigenvalue weighted by Gasteiger charge is -2.24. The third kappa shape index (κ3) is 2.04. The van der Waals surface area contributed by atoms with Gasteiger partial charge in [0.2, 0.25) is 0 Å². The lowest BCUT2D eigenvalue weighted by molar-refractivity contribution is 0.417. The number of aromatic amines is 1. The van der Waals surface area contributed by atoms with Crippen LogP contribution in [0.15, 0.2) is 18.3 Å². The normalized spacial score (nSPS) is 20.4. The van der Waals surface area contributed by atoms with E-state index < -0.39 is 0 Å². The predicted octanol–water partition coefficient (Wildman–Crippen LogP) is 1.89. The second-order valence-electron chi connectivity index (χ2n) is 5.30. The molecule has 2 heterocycles. The molecule has 1 aliphatic heterocycles. The van der Waals surface area contributed by atoms with Gasteiger partial charge in [0.1, 0.15) is 0 Å². The number of fused-ring (bicyclic) bond motifs is 1. The van der Waals surface area contributed by atoms with Gasteiger partial charge in [-0.1, -0.05) is 12.1 Å². The van der Waals surface area contributed by atoms with Crippen LogP contribution in [0.4, 0.5) is 0 Å². The Labute approximate surface area is 108 Å². The number of aryl methyl sites for hydroxylation is 2. The molecule has 0 radical (unpaired) electrons. The number of hydrogen-bond acceptors (Lipinski definition) is 2. The predicted molar refractivity (Wildman–Crippen MR) is 76.1 cm³/mol. The zero-order valence-corrected chi connectivity index (χ0v) is 11.1. The van der Waals surface area contributed by atoms with Gasteiger partial charge in [0.15, 0.2) is 0 Å². The van der Waals surface area contributed by atoms with Gasteiger partial charge in [-0.2, -0.15) is 0 Å². The second kappa shape index (κ2) is 4.75. The van der Waals surface area contributed by atoms with Crippen molar-refractivity contribution in [2.24, 2.45) is 0 Å². The number of H-pyrrole nitrogens is 1. The fourth-order valence-electron chi connectivity index (χ4n) is 2.80. The number of rotatable bonds is 2. The van der Waals surface area contributed by atoms with Gasteiger partial charge in [0.25, 0.3) is 0 Å². The molecule has 1 atom stereocenters. The molecule has 3 rings (SSSR count). The summed E-state index contributed by atoms with van der Waals surface area (Å²) in [4.78, 5) is 3.44. The van der Waals surface area contributed by atoms with Gasteiger partial charge < -0.3 is 15.6 Å². The summed E-state index contributed by atoms with van der Waals surface area (Å²) in [5.74, 6) is 0. The topological polar surface area (TPSA) is 39.8 Å². The molecule has 1 fully saturated rings. The number of piperazine rings is 1. The van der Waals surface area contributed by atoms with Crippen LogP contribution in [0.5, 0.6) is 0 Å². The molecular weight excluding hydrogens is 222 g/mol. The van der Waals surface area contributed by atoms with Crippen LogP contribution in [0.2, 0.25) is 0 Å². The van der Waals surface area contributed by atoms with Gasteiger partial charge in [-0.25, -0.2) is 0 Å². The molecule has 96 valence electrons. The summed E-state index contributed by atoms with van der Waals surface area (Å²) in [5.41, 5.74) is 5.45. The van der Waals surface area contributed by atoms with E-state index in [2.05, 4.69) is 47.8 Å². The summed E-state index contributed by atoms with van der Waals surface area (Å²) in [5, 5.41) is 8.39. The lowest BCUT2D eigenvalue weighted by Crippen LogP contribution is -2.49. The van der Waals surface area contributed by atoms with Crippen molar-refractivity contribution in [1.29, 1.82) is 0 Å². The Morgan fingerprint density at radius 2 is 2.11 bits per heavy atom. The Morgan fingerprint density at radius 3 is 2.89 bits per heavy atom. The molecule has 3 heteroatoms. The Bertz CT molecular complexity index is 550. The Morgan fingerprint density at radius 1 is 1.22 bits per heavy atom. The van der Waals surface area contributed by atoms with Crippen molar-refractivity contribution in [3.63, 3.8) is 0 Å². The summed E-state index contributed by atoms with van der Waals surface area (Å²) in [6.45, 7) is 7.59. The van der Waals surface area contributed by atoms with E-state index in [0.717, 1.165) is 26.1 Å². The Kier molecular flexibility index (Phi) is 3.10. The van der Waals surface area contributed by atoms with Gasteiger partial charge in [-0.15, -0.1) is 0 Å². The lowest BCUT2D eigenvalue weighted by atomic mass is 10.0. The molecule has 3 nitrogen and oxygen atoms in total. The van der Waals surface area contributed by atoms with E-state index in [-0.39, 0.29) is 0 Å². The standard InChI is InChI=1S/C15H21N3/c1-10-3-4-14-12(8-18-15(14)11(10)2)7-13-9-16-5-6-17-13/h3-4,8,13,16-18H,5-7,9H2,1-2H3. The monoisotopic (exact) mass is 243 g/mol. The molecule has 0 spiro atoms. The van der Waals surface area contributed by atoms with Crippen LogP contribution in [0.25, 0.3) is 10.9 Å². The molecule has 1 aromatic carbocycles. The quantitative estimate of drug-likeness (QED) is 0.754. The maximum atomic E-state index is 3.57. The van der Waals surface area contributed by atoms with Gasteiger partial charge in [0, 0.05) is 42.8 Å². The summed E-state index contributed by atoms with van der Waals surface area (Å²) in [6.07, 6.45) is 3.27. The van der Waals surface area contributed by atoms with Crippen LogP contribution in [-0.4, -0.2) is 30.7 Å². The van der Waals surface area contributed by atoms with Crippen molar-refractivity contribution in [3.05, 3.63) is 35.0 Å². The van der Waals surface area contributed by atoms with Crippen molar-refractivity contribution in [1.82, 2.24) is 15.6 Å². The largest absolute Gasteiger partial charge is 0.361 e. The molecule has 1 unspecified atom stereocenters. The van der Waals surface area contributed by atoms with E-state index in [1.165, 1.54) is 27.6 Å². The Hall–Kier alpha value is -1.32. The van der Waals surface area contributed by atoms with E-state index in [9.17, 15) is 0 Å². The summed E-state index contributed by atoms with van der Waals surface area (Å²) >= 11 is 0. The van der Waals surface area contributed by atoms with Crippen LogP contribution in [0.1, 0.15) is 16.7 Å². The minimum atomic E-state index is 0.555. The summed E-state index contributed by atoms with van der Waals surface area (Å²) < 4.78 is 0. The number of benzene rings is 1. The first kappa shape index (κ1) is 11.8. The van der Waals surface area contributed by atoms with Crippen LogP contribution < -0.4 is 10.6 Å². The first-order chi connectivity index (χ1) is 8.75. The molecular formula is C15H21N3. The number of hydrogen-bond donors (Lipinski definition) is 3. The average Bonchev–Trinajstić information content (AvgIpc) is 2.79. The molecule has 0 saturated carbocycles. The second-order valence-corrected chi connectivity index (χ2v) is 5.30. The van der Waals surface area contributed by atoms with Gasteiger partial charge in [-0.05, 0) is 37.0 Å². The third-order valence-corrected chi connectivity index (χ3v) is 4.06. The highest BCUT2D eigenvalue weighted by atomic mass is 15.0. The molecule has 18 heavy (non-hydrogen) atoms. The molecule has 0 amide bonds. The van der Waals surface area contributed by atoms with Crippen molar-refractivity contribution < 1.29 is 0 Å². The van der Waals surface area contributed by atoms with Gasteiger partial charge in [0.05, 0.1) is 0 Å². The fourth-order valence-corrected chi connectivity index (χ4v) is 2.80. The molecule has 2 aromatic rings. The highest BCUT2D eigenvalue weighted by molar-refractivity contribution is 5.86.